The number of nitrogens with one attached hydrogen (secondary N) is 1. The molecule has 0 aliphatic heterocycles. The molecule has 0 saturated heterocycles. The highest BCUT2D eigenvalue weighted by molar-refractivity contribution is 6.35. The first-order chi connectivity index (χ1) is 9.50. The molecule has 20 heavy (non-hydrogen) atoms. The molecule has 1 aromatic heterocycles. The smallest absolute Gasteiger partial charge is 0.339 e. The predicted molar refractivity (Wildman–Crippen MR) is 75.6 cm³/mol. The minimum absolute atomic E-state index is 0.0314. The first-order valence-corrected chi connectivity index (χ1v) is 6.20. The van der Waals surface area contributed by atoms with E-state index in [-0.39, 0.29) is 27.0 Å². The van der Waals surface area contributed by atoms with Gasteiger partial charge < -0.3 is 10.4 Å². The minimum atomic E-state index is -1.23. The number of halogens is 2. The number of benzene rings is 1. The van der Waals surface area contributed by atoms with E-state index in [0.29, 0.717) is 0 Å². The van der Waals surface area contributed by atoms with Crippen LogP contribution in [0, 0.1) is 0 Å². The van der Waals surface area contributed by atoms with Crippen molar-refractivity contribution in [1.29, 1.82) is 0 Å². The molecule has 5 nitrogen and oxygen atoms in total. The summed E-state index contributed by atoms with van der Waals surface area (Å²) < 4.78 is 0. The molecule has 0 bridgehead atoms. The molecular weight excluding hydrogens is 303 g/mol. The van der Waals surface area contributed by atoms with E-state index in [9.17, 15) is 9.59 Å². The molecule has 0 aliphatic carbocycles. The Balaban J connectivity index is 2.36. The molecule has 7 heteroatoms. The number of nitrogens with zero attached hydrogens (tertiary/aromatic N) is 1. The van der Waals surface area contributed by atoms with E-state index in [1.807, 2.05) is 0 Å². The van der Waals surface area contributed by atoms with Gasteiger partial charge in [-0.15, -0.1) is 0 Å². The number of rotatable bonds is 3. The molecule has 1 amide bonds. The van der Waals surface area contributed by atoms with Gasteiger partial charge in [0.05, 0.1) is 16.3 Å². The average Bonchev–Trinajstić information content (AvgIpc) is 2.38. The number of anilines is 1. The van der Waals surface area contributed by atoms with Crippen LogP contribution in [0.5, 0.6) is 0 Å². The number of amides is 1. The highest BCUT2D eigenvalue weighted by Gasteiger charge is 2.18. The zero-order valence-electron chi connectivity index (χ0n) is 9.93. The van der Waals surface area contributed by atoms with Crippen molar-refractivity contribution in [3.05, 3.63) is 57.8 Å². The molecular formula is C13H8Cl2N2O3. The van der Waals surface area contributed by atoms with Crippen LogP contribution in [-0.2, 0) is 0 Å². The highest BCUT2D eigenvalue weighted by Crippen LogP contribution is 2.25. The Bertz CT molecular complexity index is 689. The lowest BCUT2D eigenvalue weighted by Gasteiger charge is -2.10. The number of pyridine rings is 1. The molecule has 0 unspecified atom stereocenters. The summed E-state index contributed by atoms with van der Waals surface area (Å²) in [6.07, 6.45) is 1.45. The third-order valence-corrected chi connectivity index (χ3v) is 3.10. The van der Waals surface area contributed by atoms with Crippen LogP contribution in [0.15, 0.2) is 36.5 Å². The van der Waals surface area contributed by atoms with Crippen molar-refractivity contribution >= 4 is 40.8 Å². The molecule has 102 valence electrons. The lowest BCUT2D eigenvalue weighted by Crippen LogP contribution is -2.15. The van der Waals surface area contributed by atoms with E-state index >= 15 is 0 Å². The summed E-state index contributed by atoms with van der Waals surface area (Å²) in [5.41, 5.74) is 0.0583. The molecule has 1 aromatic carbocycles. The molecule has 1 heterocycles. The number of carbonyl (C=O) groups excluding carboxylic acids is 1. The van der Waals surface area contributed by atoms with E-state index in [1.54, 1.807) is 6.07 Å². The molecule has 2 rings (SSSR count). The first kappa shape index (κ1) is 14.3. The van der Waals surface area contributed by atoms with Crippen molar-refractivity contribution in [1.82, 2.24) is 4.98 Å². The fourth-order valence-corrected chi connectivity index (χ4v) is 2.05. The molecule has 0 aliphatic rings. The minimum Gasteiger partial charge on any atom is -0.478 e. The van der Waals surface area contributed by atoms with Crippen molar-refractivity contribution in [3.63, 3.8) is 0 Å². The Morgan fingerprint density at radius 1 is 1.15 bits per heavy atom. The van der Waals surface area contributed by atoms with Crippen LogP contribution in [0.2, 0.25) is 10.2 Å². The van der Waals surface area contributed by atoms with Crippen molar-refractivity contribution in [2.24, 2.45) is 0 Å². The summed E-state index contributed by atoms with van der Waals surface area (Å²) in [7, 11) is 0. The number of carboxylic acids is 1. The molecule has 0 atom stereocenters. The predicted octanol–water partition coefficient (Wildman–Crippen LogP) is 3.34. The summed E-state index contributed by atoms with van der Waals surface area (Å²) in [5, 5.41) is 11.6. The zero-order chi connectivity index (χ0) is 14.7. The van der Waals surface area contributed by atoms with Crippen LogP contribution in [-0.4, -0.2) is 22.0 Å². The maximum atomic E-state index is 12.0. The van der Waals surface area contributed by atoms with Crippen LogP contribution in [0.1, 0.15) is 20.7 Å². The number of aromatic carboxylic acids is 1. The normalized spacial score (nSPS) is 10.1. The third kappa shape index (κ3) is 2.89. The second kappa shape index (κ2) is 5.90. The van der Waals surface area contributed by atoms with Gasteiger partial charge >= 0.3 is 5.97 Å². The Labute approximate surface area is 124 Å². The SMILES string of the molecule is O=C(Nc1cccc(Cl)c1C(=O)O)c1cccnc1Cl. The van der Waals surface area contributed by atoms with Crippen molar-refractivity contribution in [3.8, 4) is 0 Å². The highest BCUT2D eigenvalue weighted by atomic mass is 35.5. The van der Waals surface area contributed by atoms with E-state index in [0.717, 1.165) is 0 Å². The summed E-state index contributed by atoms with van der Waals surface area (Å²) in [4.78, 5) is 27.0. The van der Waals surface area contributed by atoms with E-state index in [1.165, 1.54) is 30.5 Å². The van der Waals surface area contributed by atoms with Crippen LogP contribution in [0.25, 0.3) is 0 Å². The van der Waals surface area contributed by atoms with Crippen LogP contribution in [0.3, 0.4) is 0 Å². The quantitative estimate of drug-likeness (QED) is 0.852. The second-order valence-corrected chi connectivity index (χ2v) is 4.53. The van der Waals surface area contributed by atoms with Gasteiger partial charge in [0.15, 0.2) is 0 Å². The topological polar surface area (TPSA) is 79.3 Å². The summed E-state index contributed by atoms with van der Waals surface area (Å²) in [6.45, 7) is 0. The number of aromatic nitrogens is 1. The monoisotopic (exact) mass is 310 g/mol. The summed E-state index contributed by atoms with van der Waals surface area (Å²) >= 11 is 11.6. The molecule has 0 spiro atoms. The molecule has 2 aromatic rings. The fourth-order valence-electron chi connectivity index (χ4n) is 1.59. The van der Waals surface area contributed by atoms with Crippen molar-refractivity contribution in [2.75, 3.05) is 5.32 Å². The molecule has 0 fully saturated rings. The lowest BCUT2D eigenvalue weighted by molar-refractivity contribution is 0.0698. The average molecular weight is 311 g/mol. The maximum Gasteiger partial charge on any atom is 0.339 e. The van der Waals surface area contributed by atoms with Gasteiger partial charge in [-0.05, 0) is 24.3 Å². The molecule has 0 radical (unpaired) electrons. The van der Waals surface area contributed by atoms with Crippen LogP contribution in [0.4, 0.5) is 5.69 Å². The zero-order valence-corrected chi connectivity index (χ0v) is 11.4. The first-order valence-electron chi connectivity index (χ1n) is 5.44. The molecule has 0 saturated carbocycles. The summed E-state index contributed by atoms with van der Waals surface area (Å²) in [6, 6.07) is 7.44. The van der Waals surface area contributed by atoms with Crippen molar-refractivity contribution < 1.29 is 14.7 Å². The van der Waals surface area contributed by atoms with Gasteiger partial charge in [0, 0.05) is 6.20 Å². The fraction of sp³-hybridized carbons (Fsp3) is 0. The van der Waals surface area contributed by atoms with E-state index in [2.05, 4.69) is 10.3 Å². The van der Waals surface area contributed by atoms with Gasteiger partial charge in [0.25, 0.3) is 5.91 Å². The van der Waals surface area contributed by atoms with Gasteiger partial charge in [-0.1, -0.05) is 29.3 Å². The Kier molecular flexibility index (Phi) is 4.22. The van der Waals surface area contributed by atoms with Crippen LogP contribution >= 0.6 is 23.2 Å². The van der Waals surface area contributed by atoms with Gasteiger partial charge in [-0.3, -0.25) is 4.79 Å². The van der Waals surface area contributed by atoms with Gasteiger partial charge in [0.1, 0.15) is 10.7 Å². The molecule has 2 N–H and O–H groups in total. The number of carboxylic acid groups (broad SMARTS) is 1. The number of carbonyl (C=O) groups is 2. The van der Waals surface area contributed by atoms with Crippen molar-refractivity contribution in [2.45, 2.75) is 0 Å². The number of hydrogen-bond acceptors (Lipinski definition) is 3. The maximum absolute atomic E-state index is 12.0. The largest absolute Gasteiger partial charge is 0.478 e. The van der Waals surface area contributed by atoms with Gasteiger partial charge in [-0.2, -0.15) is 0 Å². The van der Waals surface area contributed by atoms with E-state index < -0.39 is 11.9 Å². The Morgan fingerprint density at radius 3 is 2.55 bits per heavy atom. The van der Waals surface area contributed by atoms with Crippen LogP contribution < -0.4 is 5.32 Å². The van der Waals surface area contributed by atoms with Gasteiger partial charge in [-0.25, -0.2) is 9.78 Å². The Morgan fingerprint density at radius 2 is 1.90 bits per heavy atom. The summed E-state index contributed by atoms with van der Waals surface area (Å²) in [5.74, 6) is -1.80. The lowest BCUT2D eigenvalue weighted by atomic mass is 10.1. The standard InChI is InChI=1S/C13H8Cl2N2O3/c14-8-4-1-5-9(10(8)13(19)20)17-12(18)7-3-2-6-16-11(7)15/h1-6H,(H,17,18)(H,19,20). The van der Waals surface area contributed by atoms with E-state index in [4.69, 9.17) is 28.3 Å². The Hall–Kier alpha value is -2.11. The third-order valence-electron chi connectivity index (χ3n) is 2.48. The van der Waals surface area contributed by atoms with Gasteiger partial charge in [0.2, 0.25) is 0 Å². The second-order valence-electron chi connectivity index (χ2n) is 3.76. The number of hydrogen-bond donors (Lipinski definition) is 2.